The first-order valence-electron chi connectivity index (χ1n) is 10.9. The maximum atomic E-state index is 13.6. The number of hydrogen-bond donors (Lipinski definition) is 1. The van der Waals surface area contributed by atoms with E-state index in [0.29, 0.717) is 46.0 Å². The Morgan fingerprint density at radius 2 is 1.94 bits per heavy atom. The van der Waals surface area contributed by atoms with Crippen LogP contribution in [-0.2, 0) is 0 Å². The van der Waals surface area contributed by atoms with Gasteiger partial charge in [-0.25, -0.2) is 0 Å². The molecule has 1 aliphatic rings. The van der Waals surface area contributed by atoms with Gasteiger partial charge in [-0.1, -0.05) is 37.4 Å². The number of aromatic hydroxyl groups is 1. The molecule has 0 saturated heterocycles. The van der Waals surface area contributed by atoms with E-state index in [1.165, 1.54) is 6.07 Å². The number of benzene rings is 2. The van der Waals surface area contributed by atoms with Gasteiger partial charge in [-0.2, -0.15) is 0 Å². The van der Waals surface area contributed by atoms with Gasteiger partial charge < -0.3 is 19.2 Å². The SMILES string of the molecule is CCCCCN1C(=O)c2oc3cc(C)c(Cl)cc3c(=O)c2C1c1ccc(O)c(OCC)c1. The Labute approximate surface area is 191 Å². The first-order valence-corrected chi connectivity index (χ1v) is 11.3. The van der Waals surface area contributed by atoms with Gasteiger partial charge in [0.05, 0.1) is 23.6 Å². The van der Waals surface area contributed by atoms with Gasteiger partial charge >= 0.3 is 0 Å². The summed E-state index contributed by atoms with van der Waals surface area (Å²) in [5.41, 5.74) is 1.82. The molecule has 1 aromatic heterocycles. The molecule has 6 nitrogen and oxygen atoms in total. The maximum absolute atomic E-state index is 13.6. The van der Waals surface area contributed by atoms with Crippen molar-refractivity contribution < 1.29 is 19.1 Å². The summed E-state index contributed by atoms with van der Waals surface area (Å²) >= 11 is 6.28. The van der Waals surface area contributed by atoms with Crippen molar-refractivity contribution in [2.45, 2.75) is 46.1 Å². The molecule has 2 heterocycles. The monoisotopic (exact) mass is 455 g/mol. The van der Waals surface area contributed by atoms with E-state index in [0.717, 1.165) is 24.8 Å². The zero-order chi connectivity index (χ0) is 23.0. The number of unbranched alkanes of at least 4 members (excludes halogenated alkanes) is 2. The van der Waals surface area contributed by atoms with Crippen LogP contribution in [0.4, 0.5) is 0 Å². The van der Waals surface area contributed by atoms with E-state index in [4.69, 9.17) is 20.8 Å². The first kappa shape index (κ1) is 22.2. The fourth-order valence-corrected chi connectivity index (χ4v) is 4.39. The Balaban J connectivity index is 1.93. The normalized spacial score (nSPS) is 15.4. The second kappa shape index (κ2) is 8.87. The first-order chi connectivity index (χ1) is 15.4. The molecule has 168 valence electrons. The largest absolute Gasteiger partial charge is 0.504 e. The van der Waals surface area contributed by atoms with Gasteiger partial charge in [0.1, 0.15) is 5.58 Å². The minimum absolute atomic E-state index is 0.00508. The van der Waals surface area contributed by atoms with Crippen LogP contribution in [0.1, 0.15) is 66.4 Å². The Bertz CT molecular complexity index is 1250. The van der Waals surface area contributed by atoms with Crippen molar-refractivity contribution in [2.75, 3.05) is 13.2 Å². The predicted molar refractivity (Wildman–Crippen MR) is 124 cm³/mol. The van der Waals surface area contributed by atoms with Crippen LogP contribution in [0.3, 0.4) is 0 Å². The number of phenolic OH excluding ortho intramolecular Hbond substituents is 1. The summed E-state index contributed by atoms with van der Waals surface area (Å²) in [6.07, 6.45) is 2.78. The van der Waals surface area contributed by atoms with Gasteiger partial charge in [-0.3, -0.25) is 9.59 Å². The second-order valence-corrected chi connectivity index (χ2v) is 8.45. The number of aryl methyl sites for hydroxylation is 1. The number of nitrogens with zero attached hydrogens (tertiary/aromatic N) is 1. The van der Waals surface area contributed by atoms with Crippen molar-refractivity contribution in [1.29, 1.82) is 0 Å². The molecule has 1 amide bonds. The Hall–Kier alpha value is -2.99. The molecular formula is C25H26ClNO5. The molecule has 0 bridgehead atoms. The zero-order valence-corrected chi connectivity index (χ0v) is 19.2. The molecule has 0 saturated carbocycles. The summed E-state index contributed by atoms with van der Waals surface area (Å²) in [6, 6.07) is 7.58. The quantitative estimate of drug-likeness (QED) is 0.469. The summed E-state index contributed by atoms with van der Waals surface area (Å²) in [5, 5.41) is 11.0. The van der Waals surface area contributed by atoms with Crippen molar-refractivity contribution in [2.24, 2.45) is 0 Å². The van der Waals surface area contributed by atoms with Crippen molar-refractivity contribution in [3.8, 4) is 11.5 Å². The molecular weight excluding hydrogens is 430 g/mol. The molecule has 1 atom stereocenters. The minimum Gasteiger partial charge on any atom is -0.504 e. The third-order valence-corrected chi connectivity index (χ3v) is 6.26. The fourth-order valence-electron chi connectivity index (χ4n) is 4.22. The van der Waals surface area contributed by atoms with Gasteiger partial charge in [-0.15, -0.1) is 0 Å². The molecule has 3 aromatic rings. The Kier molecular flexibility index (Phi) is 6.15. The van der Waals surface area contributed by atoms with Crippen molar-refractivity contribution in [3.63, 3.8) is 0 Å². The lowest BCUT2D eigenvalue weighted by molar-refractivity contribution is 0.0724. The highest BCUT2D eigenvalue weighted by Gasteiger charge is 2.42. The van der Waals surface area contributed by atoms with E-state index in [9.17, 15) is 14.7 Å². The maximum Gasteiger partial charge on any atom is 0.290 e. The van der Waals surface area contributed by atoms with Crippen LogP contribution < -0.4 is 10.2 Å². The molecule has 2 aromatic carbocycles. The number of hydrogen-bond acceptors (Lipinski definition) is 5. The third kappa shape index (κ3) is 3.73. The average molecular weight is 456 g/mol. The van der Waals surface area contributed by atoms with Crippen LogP contribution in [0.5, 0.6) is 11.5 Å². The lowest BCUT2D eigenvalue weighted by Crippen LogP contribution is -2.30. The highest BCUT2D eigenvalue weighted by atomic mass is 35.5. The van der Waals surface area contributed by atoms with E-state index in [-0.39, 0.29) is 22.8 Å². The van der Waals surface area contributed by atoms with Gasteiger partial charge in [0.25, 0.3) is 5.91 Å². The van der Waals surface area contributed by atoms with E-state index >= 15 is 0 Å². The van der Waals surface area contributed by atoms with Gasteiger partial charge in [0, 0.05) is 11.6 Å². The van der Waals surface area contributed by atoms with Crippen LogP contribution in [0, 0.1) is 6.92 Å². The Morgan fingerprint density at radius 3 is 2.66 bits per heavy atom. The predicted octanol–water partition coefficient (Wildman–Crippen LogP) is 5.59. The summed E-state index contributed by atoms with van der Waals surface area (Å²) in [6.45, 7) is 6.60. The number of halogens is 1. The molecule has 0 radical (unpaired) electrons. The van der Waals surface area contributed by atoms with E-state index < -0.39 is 6.04 Å². The lowest BCUT2D eigenvalue weighted by atomic mass is 9.97. The summed E-state index contributed by atoms with van der Waals surface area (Å²) in [5.74, 6) is 0.0734. The van der Waals surface area contributed by atoms with E-state index in [1.54, 1.807) is 29.2 Å². The van der Waals surface area contributed by atoms with Crippen LogP contribution in [0.25, 0.3) is 11.0 Å². The smallest absolute Gasteiger partial charge is 0.290 e. The van der Waals surface area contributed by atoms with Crippen LogP contribution in [0.2, 0.25) is 5.02 Å². The molecule has 4 rings (SSSR count). The molecule has 7 heteroatoms. The fraction of sp³-hybridized carbons (Fsp3) is 0.360. The van der Waals surface area contributed by atoms with Crippen LogP contribution in [-0.4, -0.2) is 29.1 Å². The highest BCUT2D eigenvalue weighted by molar-refractivity contribution is 6.32. The zero-order valence-electron chi connectivity index (χ0n) is 18.4. The number of amides is 1. The number of carbonyl (C=O) groups is 1. The van der Waals surface area contributed by atoms with Crippen molar-refractivity contribution in [3.05, 3.63) is 68.0 Å². The average Bonchev–Trinajstić information content (AvgIpc) is 3.04. The number of phenols is 1. The Morgan fingerprint density at radius 1 is 1.16 bits per heavy atom. The van der Waals surface area contributed by atoms with E-state index in [1.807, 2.05) is 13.8 Å². The minimum atomic E-state index is -0.630. The lowest BCUT2D eigenvalue weighted by Gasteiger charge is -2.25. The number of ether oxygens (including phenoxy) is 1. The molecule has 1 aliphatic heterocycles. The third-order valence-electron chi connectivity index (χ3n) is 5.85. The molecule has 0 fully saturated rings. The molecule has 0 spiro atoms. The van der Waals surface area contributed by atoms with Gasteiger partial charge in [-0.05, 0) is 55.7 Å². The number of carbonyl (C=O) groups excluding carboxylic acids is 1. The molecule has 1 N–H and O–H groups in total. The summed E-state index contributed by atoms with van der Waals surface area (Å²) < 4.78 is 11.5. The topological polar surface area (TPSA) is 80.0 Å². The highest BCUT2D eigenvalue weighted by Crippen LogP contribution is 2.41. The molecule has 0 aliphatic carbocycles. The van der Waals surface area contributed by atoms with Crippen molar-refractivity contribution >= 4 is 28.5 Å². The summed E-state index contributed by atoms with van der Waals surface area (Å²) in [7, 11) is 0. The summed E-state index contributed by atoms with van der Waals surface area (Å²) in [4.78, 5) is 28.7. The van der Waals surface area contributed by atoms with Crippen LogP contribution in [0.15, 0.2) is 39.5 Å². The molecule has 1 unspecified atom stereocenters. The van der Waals surface area contributed by atoms with Gasteiger partial charge in [0.2, 0.25) is 5.76 Å². The second-order valence-electron chi connectivity index (χ2n) is 8.04. The number of fused-ring (bicyclic) bond motifs is 2. The molecule has 32 heavy (non-hydrogen) atoms. The standard InChI is InChI=1S/C25H26ClNO5/c1-4-6-7-10-27-22(15-8-9-18(28)20(12-15)31-5-2)21-23(29)16-13-17(26)14(3)11-19(16)32-24(21)25(27)30/h8-9,11-13,22,28H,4-7,10H2,1-3H3. The van der Waals surface area contributed by atoms with Gasteiger partial charge in [0.15, 0.2) is 16.9 Å². The number of rotatable bonds is 7. The van der Waals surface area contributed by atoms with E-state index in [2.05, 4.69) is 6.92 Å². The van der Waals surface area contributed by atoms with Crippen molar-refractivity contribution in [1.82, 2.24) is 4.90 Å². The van der Waals surface area contributed by atoms with Crippen LogP contribution >= 0.6 is 11.6 Å².